The Morgan fingerprint density at radius 3 is 2.58 bits per heavy atom. The molecule has 2 rings (SSSR count). The van der Waals surface area contributed by atoms with Crippen molar-refractivity contribution >= 4 is 13.2 Å². The molecule has 1 aromatic rings. The molecule has 0 saturated heterocycles. The van der Waals surface area contributed by atoms with Crippen LogP contribution in [-0.2, 0) is 0 Å². The largest absolute Gasteiger partial charge is 0.389 e. The molecule has 1 N–H and O–H groups in total. The van der Waals surface area contributed by atoms with Crippen LogP contribution in [0.2, 0.25) is 0 Å². The monoisotopic (exact) mass is 178 g/mol. The highest BCUT2D eigenvalue weighted by atomic mass is 31.1. The Morgan fingerprint density at radius 1 is 1.25 bits per heavy atom. The molecular formula is C10H11OP. The first-order valence-corrected chi connectivity index (χ1v) is 5.64. The summed E-state index contributed by atoms with van der Waals surface area (Å²) in [4.78, 5) is 0. The molecular weight excluding hydrogens is 167 g/mol. The molecule has 0 bridgehead atoms. The lowest BCUT2D eigenvalue weighted by atomic mass is 10.4. The first kappa shape index (κ1) is 7.97. The minimum atomic E-state index is -0.212. The van der Waals surface area contributed by atoms with Gasteiger partial charge in [0.2, 0.25) is 0 Å². The molecule has 2 unspecified atom stereocenters. The van der Waals surface area contributed by atoms with E-state index in [1.165, 1.54) is 5.30 Å². The summed E-state index contributed by atoms with van der Waals surface area (Å²) in [6.07, 6.45) is 2.59. The maximum Gasteiger partial charge on any atom is 0.0769 e. The summed E-state index contributed by atoms with van der Waals surface area (Å²) in [6, 6.07) is 10.4. The fourth-order valence-corrected chi connectivity index (χ4v) is 3.33. The van der Waals surface area contributed by atoms with E-state index in [0.29, 0.717) is 0 Å². The van der Waals surface area contributed by atoms with E-state index >= 15 is 0 Å². The second-order valence-electron chi connectivity index (χ2n) is 2.90. The van der Waals surface area contributed by atoms with E-state index in [1.807, 2.05) is 12.1 Å². The van der Waals surface area contributed by atoms with Crippen LogP contribution in [0.3, 0.4) is 0 Å². The van der Waals surface area contributed by atoms with Crippen LogP contribution in [0.4, 0.5) is 0 Å². The second kappa shape index (κ2) is 3.38. The summed E-state index contributed by atoms with van der Waals surface area (Å²) in [7, 11) is -0.210. The molecule has 0 radical (unpaired) electrons. The number of aliphatic hydroxyl groups excluding tert-OH is 1. The van der Waals surface area contributed by atoms with Crippen LogP contribution >= 0.6 is 7.92 Å². The number of rotatable bonds is 1. The van der Waals surface area contributed by atoms with Crippen molar-refractivity contribution in [1.29, 1.82) is 0 Å². The molecule has 0 saturated carbocycles. The number of benzene rings is 1. The van der Waals surface area contributed by atoms with Crippen LogP contribution < -0.4 is 5.30 Å². The smallest absolute Gasteiger partial charge is 0.0769 e. The predicted octanol–water partition coefficient (Wildman–Crippen LogP) is 1.68. The third kappa shape index (κ3) is 1.57. The van der Waals surface area contributed by atoms with E-state index < -0.39 is 0 Å². The summed E-state index contributed by atoms with van der Waals surface area (Å²) >= 11 is 0. The van der Waals surface area contributed by atoms with Gasteiger partial charge >= 0.3 is 0 Å². The van der Waals surface area contributed by atoms with E-state index in [4.69, 9.17) is 0 Å². The third-order valence-corrected chi connectivity index (χ3v) is 4.22. The van der Waals surface area contributed by atoms with Gasteiger partial charge in [-0.1, -0.05) is 42.2 Å². The van der Waals surface area contributed by atoms with Gasteiger partial charge < -0.3 is 5.11 Å². The lowest BCUT2D eigenvalue weighted by molar-refractivity contribution is 0.250. The molecule has 1 aliphatic heterocycles. The average molecular weight is 178 g/mol. The molecule has 0 aromatic heterocycles. The van der Waals surface area contributed by atoms with E-state index in [0.717, 1.165) is 6.16 Å². The number of hydrogen-bond acceptors (Lipinski definition) is 1. The zero-order valence-corrected chi connectivity index (χ0v) is 7.61. The van der Waals surface area contributed by atoms with Gasteiger partial charge in [-0.15, -0.1) is 0 Å². The lowest BCUT2D eigenvalue weighted by Crippen LogP contribution is -2.06. The van der Waals surface area contributed by atoms with E-state index in [-0.39, 0.29) is 14.0 Å². The summed E-state index contributed by atoms with van der Waals surface area (Å²) in [6.45, 7) is 0. The number of hydrogen-bond donors (Lipinski definition) is 1. The minimum Gasteiger partial charge on any atom is -0.389 e. The van der Waals surface area contributed by atoms with Gasteiger partial charge in [0.05, 0.1) is 6.10 Å². The van der Waals surface area contributed by atoms with Gasteiger partial charge in [-0.05, 0) is 13.2 Å². The van der Waals surface area contributed by atoms with Gasteiger partial charge in [-0.25, -0.2) is 0 Å². The summed E-state index contributed by atoms with van der Waals surface area (Å²) in [5.41, 5.74) is 0. The molecule has 62 valence electrons. The Balaban J connectivity index is 2.18. The Labute approximate surface area is 73.5 Å². The fraction of sp³-hybridized carbons (Fsp3) is 0.200. The van der Waals surface area contributed by atoms with Crippen molar-refractivity contribution in [3.8, 4) is 0 Å². The molecule has 2 atom stereocenters. The number of aliphatic hydroxyl groups is 1. The van der Waals surface area contributed by atoms with E-state index in [9.17, 15) is 5.11 Å². The van der Waals surface area contributed by atoms with E-state index in [1.54, 1.807) is 0 Å². The molecule has 0 aliphatic carbocycles. The highest BCUT2D eigenvalue weighted by molar-refractivity contribution is 7.69. The maximum absolute atomic E-state index is 9.29. The summed E-state index contributed by atoms with van der Waals surface area (Å²) < 4.78 is 0. The average Bonchev–Trinajstić information content (AvgIpc) is 2.54. The van der Waals surface area contributed by atoms with Gasteiger partial charge in [0.15, 0.2) is 0 Å². The van der Waals surface area contributed by atoms with Crippen LogP contribution in [0.5, 0.6) is 0 Å². The van der Waals surface area contributed by atoms with Crippen molar-refractivity contribution in [2.45, 2.75) is 6.10 Å². The molecule has 1 aromatic carbocycles. The van der Waals surface area contributed by atoms with Crippen LogP contribution in [0.25, 0.3) is 0 Å². The predicted molar refractivity (Wildman–Crippen MR) is 53.0 cm³/mol. The molecule has 12 heavy (non-hydrogen) atoms. The van der Waals surface area contributed by atoms with Gasteiger partial charge in [-0.3, -0.25) is 0 Å². The SMILES string of the molecule is OC1C=CP(c2ccccc2)C1. The van der Waals surface area contributed by atoms with Gasteiger partial charge in [0.25, 0.3) is 0 Å². The quantitative estimate of drug-likeness (QED) is 0.649. The van der Waals surface area contributed by atoms with Crippen molar-refractivity contribution in [2.75, 3.05) is 6.16 Å². The summed E-state index contributed by atoms with van der Waals surface area (Å²) in [5, 5.41) is 10.7. The topological polar surface area (TPSA) is 20.2 Å². The molecule has 1 heterocycles. The van der Waals surface area contributed by atoms with Crippen LogP contribution in [0, 0.1) is 0 Å². The zero-order chi connectivity index (χ0) is 8.39. The maximum atomic E-state index is 9.29. The van der Waals surface area contributed by atoms with Crippen molar-refractivity contribution in [3.05, 3.63) is 42.2 Å². The molecule has 0 amide bonds. The molecule has 2 heteroatoms. The van der Waals surface area contributed by atoms with Crippen molar-refractivity contribution in [2.24, 2.45) is 0 Å². The zero-order valence-electron chi connectivity index (χ0n) is 6.72. The van der Waals surface area contributed by atoms with Gasteiger partial charge in [-0.2, -0.15) is 0 Å². The Hall–Kier alpha value is -0.650. The highest BCUT2D eigenvalue weighted by Crippen LogP contribution is 2.41. The third-order valence-electron chi connectivity index (χ3n) is 1.96. The molecule has 1 nitrogen and oxygen atoms in total. The molecule has 1 aliphatic rings. The van der Waals surface area contributed by atoms with Gasteiger partial charge in [0, 0.05) is 6.16 Å². The lowest BCUT2D eigenvalue weighted by Gasteiger charge is -2.08. The normalized spacial score (nSPS) is 27.8. The Kier molecular flexibility index (Phi) is 2.25. The van der Waals surface area contributed by atoms with Crippen molar-refractivity contribution in [1.82, 2.24) is 0 Å². The first-order valence-electron chi connectivity index (χ1n) is 4.04. The van der Waals surface area contributed by atoms with Crippen LogP contribution in [0.15, 0.2) is 42.2 Å². The first-order chi connectivity index (χ1) is 5.86. The van der Waals surface area contributed by atoms with Crippen molar-refractivity contribution in [3.63, 3.8) is 0 Å². The molecule has 0 spiro atoms. The van der Waals surface area contributed by atoms with Crippen molar-refractivity contribution < 1.29 is 5.11 Å². The molecule has 0 fully saturated rings. The minimum absolute atomic E-state index is 0.210. The summed E-state index contributed by atoms with van der Waals surface area (Å²) in [5.74, 6) is 2.15. The van der Waals surface area contributed by atoms with Crippen LogP contribution in [0.1, 0.15) is 0 Å². The highest BCUT2D eigenvalue weighted by Gasteiger charge is 2.16. The Morgan fingerprint density at radius 2 is 2.00 bits per heavy atom. The standard InChI is InChI=1S/C10H11OP/c11-9-6-7-12(8-9)10-4-2-1-3-5-10/h1-7,9,11H,8H2. The van der Waals surface area contributed by atoms with Crippen LogP contribution in [-0.4, -0.2) is 17.4 Å². The fourth-order valence-electron chi connectivity index (χ4n) is 1.34. The van der Waals surface area contributed by atoms with E-state index in [2.05, 4.69) is 30.1 Å². The Bertz CT molecular complexity index is 281. The van der Waals surface area contributed by atoms with Gasteiger partial charge in [0.1, 0.15) is 0 Å². The second-order valence-corrected chi connectivity index (χ2v) is 5.02.